The zero-order valence-corrected chi connectivity index (χ0v) is 13.6. The summed E-state index contributed by atoms with van der Waals surface area (Å²) in [4.78, 5) is 24.0. The molecule has 1 amide bonds. The minimum atomic E-state index is -0.503. The zero-order valence-electron chi connectivity index (χ0n) is 12.8. The van der Waals surface area contributed by atoms with Gasteiger partial charge in [-0.3, -0.25) is 4.79 Å². The van der Waals surface area contributed by atoms with Crippen molar-refractivity contribution in [2.24, 2.45) is 0 Å². The first kappa shape index (κ1) is 16.1. The minimum absolute atomic E-state index is 0.164. The van der Waals surface area contributed by atoms with E-state index in [1.807, 2.05) is 24.3 Å². The van der Waals surface area contributed by atoms with Crippen LogP contribution in [0.15, 0.2) is 48.0 Å². The maximum Gasteiger partial charge on any atom is 0.337 e. The predicted octanol–water partition coefficient (Wildman–Crippen LogP) is 3.54. The summed E-state index contributed by atoms with van der Waals surface area (Å²) >= 11 is 6.09. The number of para-hydroxylation sites is 1. The number of esters is 1. The first-order valence-corrected chi connectivity index (χ1v) is 7.58. The van der Waals surface area contributed by atoms with E-state index in [2.05, 4.69) is 10.1 Å². The van der Waals surface area contributed by atoms with Gasteiger partial charge in [0.25, 0.3) is 5.91 Å². The molecule has 0 unspecified atom stereocenters. The third kappa shape index (κ3) is 3.26. The number of benzene rings is 2. The van der Waals surface area contributed by atoms with Crippen molar-refractivity contribution in [1.29, 1.82) is 0 Å². The number of anilines is 1. The molecular weight excluding hydrogens is 330 g/mol. The zero-order chi connectivity index (χ0) is 17.1. The Morgan fingerprint density at radius 3 is 2.79 bits per heavy atom. The summed E-state index contributed by atoms with van der Waals surface area (Å²) in [7, 11) is 1.29. The summed E-state index contributed by atoms with van der Waals surface area (Å²) < 4.78 is 10.2. The van der Waals surface area contributed by atoms with Crippen molar-refractivity contribution in [2.45, 2.75) is 0 Å². The molecule has 0 fully saturated rings. The first-order valence-electron chi connectivity index (χ1n) is 7.20. The molecule has 1 heterocycles. The highest BCUT2D eigenvalue weighted by molar-refractivity contribution is 6.34. The maximum absolute atomic E-state index is 12.4. The van der Waals surface area contributed by atoms with Crippen molar-refractivity contribution in [3.63, 3.8) is 0 Å². The molecular formula is C18H14ClNO4. The second-order valence-electron chi connectivity index (χ2n) is 5.14. The monoisotopic (exact) mass is 343 g/mol. The highest BCUT2D eigenvalue weighted by Crippen LogP contribution is 2.28. The number of ether oxygens (including phenoxy) is 2. The molecule has 0 aliphatic carbocycles. The molecule has 0 bridgehead atoms. The normalized spacial score (nSPS) is 12.5. The molecule has 0 atom stereocenters. The lowest BCUT2D eigenvalue weighted by atomic mass is 10.1. The van der Waals surface area contributed by atoms with Gasteiger partial charge in [-0.25, -0.2) is 4.79 Å². The number of rotatable bonds is 3. The van der Waals surface area contributed by atoms with E-state index < -0.39 is 5.97 Å². The number of hydrogen-bond acceptors (Lipinski definition) is 4. The van der Waals surface area contributed by atoms with Crippen LogP contribution in [-0.4, -0.2) is 25.6 Å². The van der Waals surface area contributed by atoms with Crippen LogP contribution in [0.4, 0.5) is 5.69 Å². The van der Waals surface area contributed by atoms with Crippen molar-refractivity contribution in [2.75, 3.05) is 19.0 Å². The smallest absolute Gasteiger partial charge is 0.337 e. The molecule has 3 rings (SSSR count). The van der Waals surface area contributed by atoms with E-state index in [0.717, 1.165) is 11.3 Å². The van der Waals surface area contributed by atoms with Crippen LogP contribution in [0.3, 0.4) is 0 Å². The maximum atomic E-state index is 12.4. The topological polar surface area (TPSA) is 64.6 Å². The molecule has 24 heavy (non-hydrogen) atoms. The fraction of sp³-hybridized carbons (Fsp3) is 0.111. The van der Waals surface area contributed by atoms with Crippen LogP contribution < -0.4 is 10.1 Å². The Hall–Kier alpha value is -2.79. The quantitative estimate of drug-likeness (QED) is 0.866. The summed E-state index contributed by atoms with van der Waals surface area (Å²) in [6.45, 7) is 0.164. The van der Waals surface area contributed by atoms with E-state index >= 15 is 0 Å². The Labute approximate surface area is 143 Å². The van der Waals surface area contributed by atoms with Gasteiger partial charge in [-0.05, 0) is 30.3 Å². The van der Waals surface area contributed by atoms with Gasteiger partial charge in [0.05, 0.1) is 29.0 Å². The minimum Gasteiger partial charge on any atom is -0.488 e. The van der Waals surface area contributed by atoms with Gasteiger partial charge in [0.15, 0.2) is 0 Å². The van der Waals surface area contributed by atoms with Crippen LogP contribution in [0, 0.1) is 0 Å². The molecule has 5 nitrogen and oxygen atoms in total. The highest BCUT2D eigenvalue weighted by atomic mass is 35.5. The van der Waals surface area contributed by atoms with Crippen LogP contribution in [-0.2, 0) is 9.53 Å². The Bertz CT molecular complexity index is 845. The van der Waals surface area contributed by atoms with Crippen molar-refractivity contribution in [1.82, 2.24) is 0 Å². The van der Waals surface area contributed by atoms with Gasteiger partial charge in [0, 0.05) is 5.56 Å². The second kappa shape index (κ2) is 6.76. The molecule has 1 aliphatic rings. The molecule has 122 valence electrons. The Morgan fingerprint density at radius 2 is 2.00 bits per heavy atom. The average molecular weight is 344 g/mol. The van der Waals surface area contributed by atoms with Crippen molar-refractivity contribution in [3.8, 4) is 5.75 Å². The number of carbonyl (C=O) groups is 2. The van der Waals surface area contributed by atoms with Gasteiger partial charge in [-0.2, -0.15) is 0 Å². The fourth-order valence-corrected chi connectivity index (χ4v) is 2.48. The van der Waals surface area contributed by atoms with Gasteiger partial charge in [0.2, 0.25) is 0 Å². The van der Waals surface area contributed by atoms with Crippen LogP contribution in [0.25, 0.3) is 6.08 Å². The van der Waals surface area contributed by atoms with E-state index in [1.165, 1.54) is 25.3 Å². The van der Waals surface area contributed by atoms with Crippen LogP contribution in [0.5, 0.6) is 5.75 Å². The van der Waals surface area contributed by atoms with Gasteiger partial charge >= 0.3 is 5.97 Å². The van der Waals surface area contributed by atoms with Gasteiger partial charge < -0.3 is 14.8 Å². The van der Waals surface area contributed by atoms with Crippen molar-refractivity contribution in [3.05, 3.63) is 64.2 Å². The average Bonchev–Trinajstić information content (AvgIpc) is 2.62. The highest BCUT2D eigenvalue weighted by Gasteiger charge is 2.18. The summed E-state index contributed by atoms with van der Waals surface area (Å²) in [5.74, 6) is -0.107. The molecule has 2 aromatic rings. The largest absolute Gasteiger partial charge is 0.488 e. The molecule has 1 N–H and O–H groups in total. The Balaban J connectivity index is 1.83. The lowest BCUT2D eigenvalue weighted by Crippen LogP contribution is -2.21. The van der Waals surface area contributed by atoms with Crippen LogP contribution in [0.1, 0.15) is 15.9 Å². The molecule has 0 saturated heterocycles. The van der Waals surface area contributed by atoms with E-state index in [0.29, 0.717) is 21.8 Å². The number of methoxy groups -OCH3 is 1. The van der Waals surface area contributed by atoms with Crippen molar-refractivity contribution < 1.29 is 19.1 Å². The first-order chi connectivity index (χ1) is 11.6. The molecule has 0 radical (unpaired) electrons. The molecule has 0 aromatic heterocycles. The number of hydrogen-bond donors (Lipinski definition) is 1. The second-order valence-corrected chi connectivity index (χ2v) is 5.54. The summed E-state index contributed by atoms with van der Waals surface area (Å²) in [6, 6.07) is 12.0. The summed E-state index contributed by atoms with van der Waals surface area (Å²) in [5.41, 5.74) is 1.94. The van der Waals surface area contributed by atoms with Gasteiger partial charge in [0.1, 0.15) is 12.4 Å². The number of amides is 1. The van der Waals surface area contributed by atoms with Crippen LogP contribution in [0.2, 0.25) is 5.02 Å². The summed E-state index contributed by atoms with van der Waals surface area (Å²) in [5, 5.41) is 3.03. The molecule has 1 aliphatic heterocycles. The summed E-state index contributed by atoms with van der Waals surface area (Å²) in [6.07, 6.45) is 1.77. The number of fused-ring (bicyclic) bond motifs is 1. The molecule has 0 saturated carbocycles. The van der Waals surface area contributed by atoms with Crippen molar-refractivity contribution >= 4 is 35.2 Å². The fourth-order valence-electron chi connectivity index (χ4n) is 2.32. The Morgan fingerprint density at radius 1 is 1.21 bits per heavy atom. The van der Waals surface area contributed by atoms with Crippen LogP contribution >= 0.6 is 11.6 Å². The van der Waals surface area contributed by atoms with E-state index in [1.54, 1.807) is 6.08 Å². The SMILES string of the molecule is COC(=O)c1ccc(Cl)c(NC(=O)C2=Cc3ccccc3OC2)c1. The number of carbonyl (C=O) groups excluding carboxylic acids is 2. The lowest BCUT2D eigenvalue weighted by molar-refractivity contribution is -0.113. The molecule has 6 heteroatoms. The van der Waals surface area contributed by atoms with Gasteiger partial charge in [-0.15, -0.1) is 0 Å². The van der Waals surface area contributed by atoms with E-state index in [9.17, 15) is 9.59 Å². The number of nitrogens with one attached hydrogen (secondary N) is 1. The van der Waals surface area contributed by atoms with E-state index in [4.69, 9.17) is 16.3 Å². The lowest BCUT2D eigenvalue weighted by Gasteiger charge is -2.18. The molecule has 2 aromatic carbocycles. The van der Waals surface area contributed by atoms with E-state index in [-0.39, 0.29) is 12.5 Å². The third-order valence-corrected chi connectivity index (χ3v) is 3.89. The molecule has 0 spiro atoms. The third-order valence-electron chi connectivity index (χ3n) is 3.56. The standard InChI is InChI=1S/C18H14ClNO4/c1-23-18(22)12-6-7-14(19)15(9-12)20-17(21)13-8-11-4-2-3-5-16(11)24-10-13/h2-9H,10H2,1H3,(H,20,21). The number of halogens is 1. The Kier molecular flexibility index (Phi) is 4.53. The predicted molar refractivity (Wildman–Crippen MR) is 91.3 cm³/mol. The van der Waals surface area contributed by atoms with Gasteiger partial charge in [-0.1, -0.05) is 29.8 Å².